The minimum absolute atomic E-state index is 0.242. The number of imidazole rings is 1. The highest BCUT2D eigenvalue weighted by Crippen LogP contribution is 2.29. The zero-order valence-electron chi connectivity index (χ0n) is 16.5. The van der Waals surface area contributed by atoms with Gasteiger partial charge in [-0.05, 0) is 55.5 Å². The molecule has 0 atom stereocenters. The van der Waals surface area contributed by atoms with Crippen LogP contribution < -0.4 is 0 Å². The van der Waals surface area contributed by atoms with E-state index in [2.05, 4.69) is 52.4 Å². The van der Waals surface area contributed by atoms with Gasteiger partial charge in [-0.2, -0.15) is 0 Å². The summed E-state index contributed by atoms with van der Waals surface area (Å²) in [6, 6.07) is 14.9. The third-order valence-electron chi connectivity index (χ3n) is 4.84. The lowest BCUT2D eigenvalue weighted by molar-refractivity contribution is 0.0224. The molecule has 0 bridgehead atoms. The summed E-state index contributed by atoms with van der Waals surface area (Å²) in [5.41, 5.74) is 5.41. The molecule has 0 saturated carbocycles. The number of carbonyl (C=O) groups is 1. The highest BCUT2D eigenvalue weighted by Gasteiger charge is 2.25. The molecule has 2 heterocycles. The normalized spacial score (nSPS) is 13.9. The van der Waals surface area contributed by atoms with Crippen molar-refractivity contribution >= 4 is 6.09 Å². The van der Waals surface area contributed by atoms with Gasteiger partial charge in [-0.1, -0.05) is 36.4 Å². The van der Waals surface area contributed by atoms with E-state index in [0.717, 1.165) is 23.4 Å². The summed E-state index contributed by atoms with van der Waals surface area (Å²) in [5.74, 6) is 0.868. The summed E-state index contributed by atoms with van der Waals surface area (Å²) < 4.78 is 5.51. The molecule has 3 aromatic rings. The molecular formula is C23H25N3O2. The van der Waals surface area contributed by atoms with Gasteiger partial charge >= 0.3 is 6.09 Å². The van der Waals surface area contributed by atoms with Crippen molar-refractivity contribution in [1.29, 1.82) is 0 Å². The number of carbonyl (C=O) groups excluding carboxylic acids is 1. The third-order valence-corrected chi connectivity index (χ3v) is 4.84. The van der Waals surface area contributed by atoms with Crippen molar-refractivity contribution in [3.63, 3.8) is 0 Å². The molecule has 1 aliphatic rings. The fraction of sp³-hybridized carbons (Fsp3) is 0.304. The number of amides is 1. The fourth-order valence-electron chi connectivity index (χ4n) is 3.48. The average molecular weight is 375 g/mol. The zero-order chi connectivity index (χ0) is 19.7. The quantitative estimate of drug-likeness (QED) is 0.683. The predicted molar refractivity (Wildman–Crippen MR) is 110 cm³/mol. The molecule has 5 nitrogen and oxygen atoms in total. The Kier molecular flexibility index (Phi) is 4.67. The average Bonchev–Trinajstić information content (AvgIpc) is 3.21. The topological polar surface area (TPSA) is 58.2 Å². The number of nitrogens with zero attached hydrogens (tertiary/aromatic N) is 2. The first-order chi connectivity index (χ1) is 13.4. The van der Waals surface area contributed by atoms with Crippen LogP contribution in [0.15, 0.2) is 54.9 Å². The molecule has 0 aliphatic carbocycles. The van der Waals surface area contributed by atoms with Gasteiger partial charge in [0.25, 0.3) is 0 Å². The van der Waals surface area contributed by atoms with Crippen molar-refractivity contribution < 1.29 is 9.53 Å². The summed E-state index contributed by atoms with van der Waals surface area (Å²) in [6.07, 6.45) is 4.18. The molecule has 5 heteroatoms. The summed E-state index contributed by atoms with van der Waals surface area (Å²) in [7, 11) is 0. The number of aromatic amines is 1. The van der Waals surface area contributed by atoms with Gasteiger partial charge in [-0.25, -0.2) is 9.78 Å². The molecule has 1 N–H and O–H groups in total. The molecular weight excluding hydrogens is 350 g/mol. The first-order valence-electron chi connectivity index (χ1n) is 9.59. The molecule has 0 fully saturated rings. The number of hydrogen-bond acceptors (Lipinski definition) is 3. The lowest BCUT2D eigenvalue weighted by Crippen LogP contribution is -2.39. The second-order valence-electron chi connectivity index (χ2n) is 8.15. The van der Waals surface area contributed by atoms with Crippen LogP contribution in [0.4, 0.5) is 4.79 Å². The molecule has 0 spiro atoms. The third kappa shape index (κ3) is 3.93. The highest BCUT2D eigenvalue weighted by molar-refractivity contribution is 5.72. The molecule has 1 amide bonds. The lowest BCUT2D eigenvalue weighted by atomic mass is 9.94. The molecule has 0 saturated heterocycles. The number of ether oxygens (including phenoxy) is 1. The lowest BCUT2D eigenvalue weighted by Gasteiger charge is -2.31. The number of hydrogen-bond donors (Lipinski definition) is 1. The SMILES string of the molecule is CC(C)(C)OC(=O)N1CCc2cc(-c3cccc(-c4ncc[nH]4)c3)ccc2C1. The Morgan fingerprint density at radius 1 is 1.07 bits per heavy atom. The molecule has 4 rings (SSSR count). The zero-order valence-corrected chi connectivity index (χ0v) is 16.5. The smallest absolute Gasteiger partial charge is 0.410 e. The number of nitrogens with one attached hydrogen (secondary N) is 1. The van der Waals surface area contributed by atoms with Crippen LogP contribution in [0.3, 0.4) is 0 Å². The van der Waals surface area contributed by atoms with Gasteiger partial charge in [0.15, 0.2) is 0 Å². The second-order valence-corrected chi connectivity index (χ2v) is 8.15. The van der Waals surface area contributed by atoms with E-state index >= 15 is 0 Å². The Balaban J connectivity index is 1.55. The first kappa shape index (κ1) is 18.3. The van der Waals surface area contributed by atoms with Crippen molar-refractivity contribution in [2.45, 2.75) is 39.3 Å². The maximum absolute atomic E-state index is 12.4. The Labute approximate surface area is 165 Å². The largest absolute Gasteiger partial charge is 0.444 e. The molecule has 2 aromatic carbocycles. The summed E-state index contributed by atoms with van der Waals surface area (Å²) in [4.78, 5) is 21.6. The van der Waals surface area contributed by atoms with E-state index in [1.54, 1.807) is 11.1 Å². The monoisotopic (exact) mass is 375 g/mol. The maximum Gasteiger partial charge on any atom is 0.410 e. The number of benzene rings is 2. The number of aromatic nitrogens is 2. The molecule has 0 unspecified atom stereocenters. The van der Waals surface area contributed by atoms with E-state index in [9.17, 15) is 4.79 Å². The highest BCUT2D eigenvalue weighted by atomic mass is 16.6. The van der Waals surface area contributed by atoms with Gasteiger partial charge in [0, 0.05) is 31.0 Å². The van der Waals surface area contributed by atoms with E-state index in [4.69, 9.17) is 4.74 Å². The minimum atomic E-state index is -0.472. The second kappa shape index (κ2) is 7.15. The molecule has 0 radical (unpaired) electrons. The van der Waals surface area contributed by atoms with E-state index in [0.29, 0.717) is 13.1 Å². The van der Waals surface area contributed by atoms with Crippen LogP contribution in [0.5, 0.6) is 0 Å². The van der Waals surface area contributed by atoms with Crippen molar-refractivity contribution in [3.05, 3.63) is 66.0 Å². The first-order valence-corrected chi connectivity index (χ1v) is 9.59. The van der Waals surface area contributed by atoms with Crippen LogP contribution in [-0.4, -0.2) is 33.1 Å². The van der Waals surface area contributed by atoms with Crippen molar-refractivity contribution in [1.82, 2.24) is 14.9 Å². The number of rotatable bonds is 2. The Morgan fingerprint density at radius 3 is 2.61 bits per heavy atom. The van der Waals surface area contributed by atoms with Gasteiger partial charge in [-0.3, -0.25) is 0 Å². The standard InChI is InChI=1S/C23H25N3O2/c1-23(2,3)28-22(27)26-12-9-18-13-17(7-8-20(18)15-26)16-5-4-6-19(14-16)21-24-10-11-25-21/h4-8,10-11,13-14H,9,12,15H2,1-3H3,(H,24,25). The molecule has 28 heavy (non-hydrogen) atoms. The number of H-pyrrole nitrogens is 1. The summed E-state index contributed by atoms with van der Waals surface area (Å²) >= 11 is 0. The van der Waals surface area contributed by atoms with E-state index in [-0.39, 0.29) is 6.09 Å². The van der Waals surface area contributed by atoms with Crippen LogP contribution in [0, 0.1) is 0 Å². The van der Waals surface area contributed by atoms with Crippen LogP contribution in [0.25, 0.3) is 22.5 Å². The Hall–Kier alpha value is -3.08. The van der Waals surface area contributed by atoms with Crippen molar-refractivity contribution in [3.8, 4) is 22.5 Å². The maximum atomic E-state index is 12.4. The van der Waals surface area contributed by atoms with Crippen molar-refractivity contribution in [2.75, 3.05) is 6.54 Å². The van der Waals surface area contributed by atoms with Gasteiger partial charge in [0.2, 0.25) is 0 Å². The van der Waals surface area contributed by atoms with Crippen LogP contribution in [-0.2, 0) is 17.7 Å². The van der Waals surface area contributed by atoms with Crippen LogP contribution in [0.1, 0.15) is 31.9 Å². The minimum Gasteiger partial charge on any atom is -0.444 e. The fourth-order valence-corrected chi connectivity index (χ4v) is 3.48. The van der Waals surface area contributed by atoms with Gasteiger partial charge in [0.05, 0.1) is 0 Å². The van der Waals surface area contributed by atoms with Crippen molar-refractivity contribution in [2.24, 2.45) is 0 Å². The molecule has 1 aliphatic heterocycles. The van der Waals surface area contributed by atoms with Crippen LogP contribution in [0.2, 0.25) is 0 Å². The van der Waals surface area contributed by atoms with E-state index in [1.807, 2.05) is 27.0 Å². The van der Waals surface area contributed by atoms with E-state index < -0.39 is 5.60 Å². The van der Waals surface area contributed by atoms with Crippen LogP contribution >= 0.6 is 0 Å². The Morgan fingerprint density at radius 2 is 1.86 bits per heavy atom. The van der Waals surface area contributed by atoms with E-state index in [1.165, 1.54) is 16.7 Å². The van der Waals surface area contributed by atoms with Gasteiger partial charge in [-0.15, -0.1) is 0 Å². The predicted octanol–water partition coefficient (Wildman–Crippen LogP) is 5.04. The summed E-state index contributed by atoms with van der Waals surface area (Å²) in [5, 5.41) is 0. The Bertz CT molecular complexity index is 987. The molecule has 144 valence electrons. The summed E-state index contributed by atoms with van der Waals surface area (Å²) in [6.45, 7) is 6.96. The van der Waals surface area contributed by atoms with Gasteiger partial charge < -0.3 is 14.6 Å². The molecule has 1 aromatic heterocycles. The number of fused-ring (bicyclic) bond motifs is 1. The van der Waals surface area contributed by atoms with Gasteiger partial charge in [0.1, 0.15) is 11.4 Å².